The zero-order chi connectivity index (χ0) is 23.3. The second kappa shape index (κ2) is 9.90. The minimum absolute atomic E-state index is 0.0605. The molecule has 0 saturated carbocycles. The summed E-state index contributed by atoms with van der Waals surface area (Å²) >= 11 is 0. The molecule has 1 aliphatic heterocycles. The lowest BCUT2D eigenvalue weighted by Crippen LogP contribution is -2.43. The fourth-order valence-corrected chi connectivity index (χ4v) is 4.05. The number of ether oxygens (including phenoxy) is 1. The standard InChI is InChI=1S/C26H24F2N4O/c27-23-9-8-22(15-24(23)28)32-25(30)17-33-26(10-12-31-13-11-26)21-6-4-19(5-7-21)20-3-1-2-18(14-20)16-29/h1-9,14-15,31H,10-13,17H2,(H2,30,32). The van der Waals surface area contributed by atoms with Crippen LogP contribution in [-0.2, 0) is 10.3 Å². The summed E-state index contributed by atoms with van der Waals surface area (Å²) in [5.74, 6) is -1.72. The number of nitrogens with zero attached hydrogens (tertiary/aromatic N) is 2. The van der Waals surface area contributed by atoms with Gasteiger partial charge in [-0.2, -0.15) is 5.26 Å². The SMILES string of the molecule is N#Cc1cccc(-c2ccc(C3(OCC(N)=Nc4ccc(F)c(F)c4)CCNCC3)cc2)c1. The largest absolute Gasteiger partial charge is 0.385 e. The van der Waals surface area contributed by atoms with Crippen molar-refractivity contribution in [3.8, 4) is 17.2 Å². The summed E-state index contributed by atoms with van der Waals surface area (Å²) in [5, 5.41) is 12.5. The minimum atomic E-state index is -0.972. The monoisotopic (exact) mass is 446 g/mol. The lowest BCUT2D eigenvalue weighted by atomic mass is 9.84. The van der Waals surface area contributed by atoms with Gasteiger partial charge in [-0.1, -0.05) is 36.4 Å². The third-order valence-electron chi connectivity index (χ3n) is 5.82. The number of nitrogens with one attached hydrogen (secondary N) is 1. The van der Waals surface area contributed by atoms with Crippen LogP contribution in [-0.4, -0.2) is 25.5 Å². The zero-order valence-electron chi connectivity index (χ0n) is 18.0. The van der Waals surface area contributed by atoms with Gasteiger partial charge in [-0.3, -0.25) is 0 Å². The van der Waals surface area contributed by atoms with Crippen LogP contribution in [0.3, 0.4) is 0 Å². The maximum atomic E-state index is 13.4. The fourth-order valence-electron chi connectivity index (χ4n) is 4.05. The van der Waals surface area contributed by atoms with E-state index in [9.17, 15) is 8.78 Å². The maximum Gasteiger partial charge on any atom is 0.160 e. The van der Waals surface area contributed by atoms with Crippen LogP contribution in [0.25, 0.3) is 11.1 Å². The Balaban J connectivity index is 1.54. The summed E-state index contributed by atoms with van der Waals surface area (Å²) in [6, 6.07) is 21.2. The topological polar surface area (TPSA) is 83.4 Å². The molecule has 3 N–H and O–H groups in total. The van der Waals surface area contributed by atoms with Crippen LogP contribution in [0.15, 0.2) is 71.7 Å². The summed E-state index contributed by atoms with van der Waals surface area (Å²) in [6.07, 6.45) is 1.52. The number of benzene rings is 3. The molecule has 33 heavy (non-hydrogen) atoms. The van der Waals surface area contributed by atoms with Crippen LogP contribution in [0, 0.1) is 23.0 Å². The molecule has 1 heterocycles. The molecule has 0 radical (unpaired) electrons. The number of nitriles is 1. The number of nitrogens with two attached hydrogens (primary N) is 1. The first-order valence-electron chi connectivity index (χ1n) is 10.7. The third kappa shape index (κ3) is 5.25. The number of hydrogen-bond donors (Lipinski definition) is 2. The average Bonchev–Trinajstić information content (AvgIpc) is 2.86. The molecule has 0 aromatic heterocycles. The summed E-state index contributed by atoms with van der Waals surface area (Å²) in [7, 11) is 0. The second-order valence-electron chi connectivity index (χ2n) is 8.00. The minimum Gasteiger partial charge on any atom is -0.385 e. The number of rotatable bonds is 6. The van der Waals surface area contributed by atoms with Gasteiger partial charge in [-0.05, 0) is 66.9 Å². The van der Waals surface area contributed by atoms with Gasteiger partial charge in [0.1, 0.15) is 12.4 Å². The van der Waals surface area contributed by atoms with Gasteiger partial charge in [0.2, 0.25) is 0 Å². The van der Waals surface area contributed by atoms with Gasteiger partial charge in [0.25, 0.3) is 0 Å². The number of amidine groups is 1. The normalized spacial score (nSPS) is 15.7. The van der Waals surface area contributed by atoms with Gasteiger partial charge >= 0.3 is 0 Å². The molecular weight excluding hydrogens is 422 g/mol. The highest BCUT2D eigenvalue weighted by atomic mass is 19.2. The molecule has 0 unspecified atom stereocenters. The lowest BCUT2D eigenvalue weighted by Gasteiger charge is -2.38. The predicted molar refractivity (Wildman–Crippen MR) is 124 cm³/mol. The molecule has 1 fully saturated rings. The Hall–Kier alpha value is -3.60. The van der Waals surface area contributed by atoms with Gasteiger partial charge in [0, 0.05) is 6.07 Å². The molecule has 7 heteroatoms. The van der Waals surface area contributed by atoms with E-state index in [-0.39, 0.29) is 18.1 Å². The highest BCUT2D eigenvalue weighted by Gasteiger charge is 2.35. The Kier molecular flexibility index (Phi) is 6.78. The van der Waals surface area contributed by atoms with Crippen molar-refractivity contribution in [2.24, 2.45) is 10.7 Å². The van der Waals surface area contributed by atoms with E-state index < -0.39 is 17.2 Å². The van der Waals surface area contributed by atoms with E-state index in [0.717, 1.165) is 54.8 Å². The van der Waals surface area contributed by atoms with Crippen molar-refractivity contribution in [2.75, 3.05) is 19.7 Å². The molecule has 0 aliphatic carbocycles. The first kappa shape index (κ1) is 22.6. The summed E-state index contributed by atoms with van der Waals surface area (Å²) in [5.41, 5.74) is 9.38. The van der Waals surface area contributed by atoms with E-state index in [1.807, 2.05) is 42.5 Å². The highest BCUT2D eigenvalue weighted by Crippen LogP contribution is 2.36. The van der Waals surface area contributed by atoms with E-state index in [4.69, 9.17) is 15.7 Å². The molecule has 168 valence electrons. The third-order valence-corrected chi connectivity index (χ3v) is 5.82. The van der Waals surface area contributed by atoms with Crippen LogP contribution < -0.4 is 11.1 Å². The average molecular weight is 447 g/mol. The lowest BCUT2D eigenvalue weighted by molar-refractivity contribution is -0.0535. The Bertz CT molecular complexity index is 1200. The number of piperidine rings is 1. The second-order valence-corrected chi connectivity index (χ2v) is 8.00. The van der Waals surface area contributed by atoms with Crippen molar-refractivity contribution in [2.45, 2.75) is 18.4 Å². The molecular formula is C26H24F2N4O. The molecule has 0 amide bonds. The quantitative estimate of drug-likeness (QED) is 0.421. The molecule has 3 aromatic carbocycles. The van der Waals surface area contributed by atoms with E-state index in [1.54, 1.807) is 6.07 Å². The Morgan fingerprint density at radius 3 is 2.45 bits per heavy atom. The van der Waals surface area contributed by atoms with Gasteiger partial charge in [0.05, 0.1) is 22.9 Å². The van der Waals surface area contributed by atoms with E-state index in [2.05, 4.69) is 16.4 Å². The van der Waals surface area contributed by atoms with Crippen molar-refractivity contribution in [1.29, 1.82) is 5.26 Å². The van der Waals surface area contributed by atoms with Crippen molar-refractivity contribution in [3.63, 3.8) is 0 Å². The highest BCUT2D eigenvalue weighted by molar-refractivity contribution is 5.84. The fraction of sp³-hybridized carbons (Fsp3) is 0.231. The summed E-state index contributed by atoms with van der Waals surface area (Å²) in [6.45, 7) is 1.66. The predicted octanol–water partition coefficient (Wildman–Crippen LogP) is 4.79. The molecule has 3 aromatic rings. The van der Waals surface area contributed by atoms with Crippen LogP contribution in [0.5, 0.6) is 0 Å². The van der Waals surface area contributed by atoms with Gasteiger partial charge in [-0.25, -0.2) is 13.8 Å². The van der Waals surface area contributed by atoms with E-state index >= 15 is 0 Å². The van der Waals surface area contributed by atoms with Gasteiger partial charge < -0.3 is 15.8 Å². The van der Waals surface area contributed by atoms with E-state index in [0.29, 0.717) is 5.56 Å². The molecule has 5 nitrogen and oxygen atoms in total. The van der Waals surface area contributed by atoms with Gasteiger partial charge in [-0.15, -0.1) is 0 Å². The maximum absolute atomic E-state index is 13.4. The van der Waals surface area contributed by atoms with Gasteiger partial charge in [0.15, 0.2) is 11.6 Å². The van der Waals surface area contributed by atoms with Crippen LogP contribution in [0.1, 0.15) is 24.0 Å². The Labute approximate surface area is 191 Å². The van der Waals surface area contributed by atoms with Crippen LogP contribution in [0.4, 0.5) is 14.5 Å². The van der Waals surface area contributed by atoms with Crippen molar-refractivity contribution >= 4 is 11.5 Å². The molecule has 1 aliphatic rings. The molecule has 0 atom stereocenters. The molecule has 1 saturated heterocycles. The van der Waals surface area contributed by atoms with Crippen molar-refractivity contribution in [1.82, 2.24) is 5.32 Å². The zero-order valence-corrected chi connectivity index (χ0v) is 18.0. The molecule has 0 bridgehead atoms. The first-order valence-corrected chi connectivity index (χ1v) is 10.7. The Morgan fingerprint density at radius 1 is 1.00 bits per heavy atom. The smallest absolute Gasteiger partial charge is 0.160 e. The number of hydrogen-bond acceptors (Lipinski definition) is 4. The first-order chi connectivity index (χ1) is 16.0. The van der Waals surface area contributed by atoms with Crippen molar-refractivity contribution in [3.05, 3.63) is 89.5 Å². The summed E-state index contributed by atoms with van der Waals surface area (Å²) < 4.78 is 32.9. The van der Waals surface area contributed by atoms with E-state index in [1.165, 1.54) is 6.07 Å². The van der Waals surface area contributed by atoms with Crippen LogP contribution >= 0.6 is 0 Å². The number of aliphatic imine (C=N–C) groups is 1. The van der Waals surface area contributed by atoms with Crippen molar-refractivity contribution < 1.29 is 13.5 Å². The Morgan fingerprint density at radius 2 is 1.76 bits per heavy atom. The molecule has 0 spiro atoms. The summed E-state index contributed by atoms with van der Waals surface area (Å²) in [4.78, 5) is 4.16. The number of halogens is 2. The molecule has 4 rings (SSSR count). The van der Waals surface area contributed by atoms with Crippen LogP contribution in [0.2, 0.25) is 0 Å².